The first-order valence-corrected chi connectivity index (χ1v) is 5.63. The highest BCUT2D eigenvalue weighted by Gasteiger charge is 2.04. The van der Waals surface area contributed by atoms with Crippen molar-refractivity contribution in [2.45, 2.75) is 0 Å². The standard InChI is InChI=1S/C15H11NO2/c17-12-5-7-13(8-6-12)18-15-14-4-2-1-3-11(14)9-10-16-15/h1-10,17H. The zero-order valence-corrected chi connectivity index (χ0v) is 9.58. The zero-order valence-electron chi connectivity index (χ0n) is 9.58. The SMILES string of the molecule is Oc1ccc(Oc2nccc3ccccc23)cc1. The van der Waals surface area contributed by atoms with Crippen LogP contribution in [0.25, 0.3) is 10.8 Å². The van der Waals surface area contributed by atoms with Crippen LogP contribution in [0.2, 0.25) is 0 Å². The molecule has 0 aliphatic rings. The topological polar surface area (TPSA) is 42.4 Å². The van der Waals surface area contributed by atoms with Gasteiger partial charge in [0.1, 0.15) is 11.5 Å². The third-order valence-corrected chi connectivity index (χ3v) is 2.69. The molecule has 1 heterocycles. The van der Waals surface area contributed by atoms with E-state index in [1.165, 1.54) is 0 Å². The number of pyridine rings is 1. The maximum atomic E-state index is 9.22. The molecule has 1 N–H and O–H groups in total. The van der Waals surface area contributed by atoms with E-state index in [1.54, 1.807) is 30.5 Å². The maximum absolute atomic E-state index is 9.22. The van der Waals surface area contributed by atoms with Gasteiger partial charge in [0.2, 0.25) is 5.88 Å². The van der Waals surface area contributed by atoms with E-state index in [-0.39, 0.29) is 5.75 Å². The van der Waals surface area contributed by atoms with Crippen molar-refractivity contribution in [2.24, 2.45) is 0 Å². The number of nitrogens with zero attached hydrogens (tertiary/aromatic N) is 1. The predicted octanol–water partition coefficient (Wildman–Crippen LogP) is 3.73. The van der Waals surface area contributed by atoms with Gasteiger partial charge in [-0.25, -0.2) is 4.98 Å². The van der Waals surface area contributed by atoms with E-state index in [0.717, 1.165) is 10.8 Å². The molecule has 0 saturated heterocycles. The summed E-state index contributed by atoms with van der Waals surface area (Å²) in [7, 11) is 0. The first-order valence-electron chi connectivity index (χ1n) is 5.63. The molecule has 88 valence electrons. The summed E-state index contributed by atoms with van der Waals surface area (Å²) in [5, 5.41) is 11.3. The lowest BCUT2D eigenvalue weighted by atomic mass is 10.2. The van der Waals surface area contributed by atoms with E-state index in [4.69, 9.17) is 4.74 Å². The molecule has 3 aromatic rings. The second-order valence-corrected chi connectivity index (χ2v) is 3.93. The summed E-state index contributed by atoms with van der Waals surface area (Å²) in [6.07, 6.45) is 1.72. The molecule has 0 amide bonds. The smallest absolute Gasteiger partial charge is 0.227 e. The molecule has 3 nitrogen and oxygen atoms in total. The van der Waals surface area contributed by atoms with Crippen LogP contribution in [0.3, 0.4) is 0 Å². The average molecular weight is 237 g/mol. The van der Waals surface area contributed by atoms with Crippen molar-refractivity contribution in [1.82, 2.24) is 4.98 Å². The number of fused-ring (bicyclic) bond motifs is 1. The number of aromatic hydroxyl groups is 1. The van der Waals surface area contributed by atoms with Crippen molar-refractivity contribution in [2.75, 3.05) is 0 Å². The summed E-state index contributed by atoms with van der Waals surface area (Å²) < 4.78 is 5.72. The summed E-state index contributed by atoms with van der Waals surface area (Å²) >= 11 is 0. The van der Waals surface area contributed by atoms with Crippen molar-refractivity contribution in [1.29, 1.82) is 0 Å². The fourth-order valence-corrected chi connectivity index (χ4v) is 1.80. The lowest BCUT2D eigenvalue weighted by molar-refractivity contribution is 0.458. The van der Waals surface area contributed by atoms with Gasteiger partial charge < -0.3 is 9.84 Å². The molecular weight excluding hydrogens is 226 g/mol. The van der Waals surface area contributed by atoms with Crippen LogP contribution < -0.4 is 4.74 Å². The summed E-state index contributed by atoms with van der Waals surface area (Å²) in [5.41, 5.74) is 0. The number of phenols is 1. The molecule has 0 spiro atoms. The molecule has 3 heteroatoms. The molecule has 0 bridgehead atoms. The molecular formula is C15H11NO2. The monoisotopic (exact) mass is 237 g/mol. The first kappa shape index (κ1) is 10.6. The van der Waals surface area contributed by atoms with Crippen molar-refractivity contribution < 1.29 is 9.84 Å². The molecule has 0 radical (unpaired) electrons. The molecule has 1 aromatic heterocycles. The maximum Gasteiger partial charge on any atom is 0.227 e. The first-order chi connectivity index (χ1) is 8.83. The van der Waals surface area contributed by atoms with Gasteiger partial charge in [0.05, 0.1) is 0 Å². The Balaban J connectivity index is 2.02. The molecule has 0 unspecified atom stereocenters. The number of hydrogen-bond donors (Lipinski definition) is 1. The third kappa shape index (κ3) is 1.98. The van der Waals surface area contributed by atoms with Crippen molar-refractivity contribution in [3.8, 4) is 17.4 Å². The van der Waals surface area contributed by atoms with Crippen molar-refractivity contribution in [3.05, 3.63) is 60.8 Å². The molecule has 0 aliphatic carbocycles. The van der Waals surface area contributed by atoms with Crippen LogP contribution in [0.5, 0.6) is 17.4 Å². The van der Waals surface area contributed by atoms with E-state index in [2.05, 4.69) is 4.98 Å². The minimum Gasteiger partial charge on any atom is -0.508 e. The summed E-state index contributed by atoms with van der Waals surface area (Å²) in [4.78, 5) is 4.24. The highest BCUT2D eigenvalue weighted by Crippen LogP contribution is 2.28. The highest BCUT2D eigenvalue weighted by molar-refractivity contribution is 5.86. The number of hydrogen-bond acceptors (Lipinski definition) is 3. The van der Waals surface area contributed by atoms with Gasteiger partial charge >= 0.3 is 0 Å². The third-order valence-electron chi connectivity index (χ3n) is 2.69. The highest BCUT2D eigenvalue weighted by atomic mass is 16.5. The van der Waals surface area contributed by atoms with Crippen molar-refractivity contribution >= 4 is 10.8 Å². The molecule has 0 aliphatic heterocycles. The van der Waals surface area contributed by atoms with E-state index in [1.807, 2.05) is 30.3 Å². The fourth-order valence-electron chi connectivity index (χ4n) is 1.80. The van der Waals surface area contributed by atoms with E-state index in [0.29, 0.717) is 11.6 Å². The van der Waals surface area contributed by atoms with Gasteiger partial charge in [0.25, 0.3) is 0 Å². The van der Waals surface area contributed by atoms with Crippen LogP contribution in [0.4, 0.5) is 0 Å². The molecule has 3 rings (SSSR count). The second kappa shape index (κ2) is 4.37. The molecule has 0 atom stereocenters. The van der Waals surface area contributed by atoms with Crippen LogP contribution in [-0.2, 0) is 0 Å². The largest absolute Gasteiger partial charge is 0.508 e. The quantitative estimate of drug-likeness (QED) is 0.738. The number of rotatable bonds is 2. The number of benzene rings is 2. The Kier molecular flexibility index (Phi) is 2.57. The Labute approximate surface area is 104 Å². The van der Waals surface area contributed by atoms with Gasteiger partial charge in [-0.15, -0.1) is 0 Å². The van der Waals surface area contributed by atoms with E-state index < -0.39 is 0 Å². The average Bonchev–Trinajstić information content (AvgIpc) is 2.42. The van der Waals surface area contributed by atoms with Crippen LogP contribution in [0, 0.1) is 0 Å². The summed E-state index contributed by atoms with van der Waals surface area (Å²) in [6.45, 7) is 0. The van der Waals surface area contributed by atoms with E-state index in [9.17, 15) is 5.11 Å². The normalized spacial score (nSPS) is 10.4. The molecule has 2 aromatic carbocycles. The Morgan fingerprint density at radius 1 is 0.889 bits per heavy atom. The van der Waals surface area contributed by atoms with Crippen LogP contribution in [-0.4, -0.2) is 10.1 Å². The van der Waals surface area contributed by atoms with Gasteiger partial charge in [-0.2, -0.15) is 0 Å². The number of aromatic nitrogens is 1. The number of phenolic OH excluding ortho intramolecular Hbond substituents is 1. The number of ether oxygens (including phenoxy) is 1. The zero-order chi connectivity index (χ0) is 12.4. The molecule has 0 fully saturated rings. The van der Waals surface area contributed by atoms with Crippen LogP contribution in [0.15, 0.2) is 60.8 Å². The van der Waals surface area contributed by atoms with Gasteiger partial charge in [-0.1, -0.05) is 18.2 Å². The second-order valence-electron chi connectivity index (χ2n) is 3.93. The lowest BCUT2D eigenvalue weighted by Crippen LogP contribution is -1.88. The minimum atomic E-state index is 0.216. The molecule has 18 heavy (non-hydrogen) atoms. The lowest BCUT2D eigenvalue weighted by Gasteiger charge is -2.07. The van der Waals surface area contributed by atoms with Crippen molar-refractivity contribution in [3.63, 3.8) is 0 Å². The Bertz CT molecular complexity index is 672. The Hall–Kier alpha value is -2.55. The van der Waals surface area contributed by atoms with Crippen LogP contribution >= 0.6 is 0 Å². The Morgan fingerprint density at radius 3 is 2.50 bits per heavy atom. The fraction of sp³-hybridized carbons (Fsp3) is 0. The molecule has 0 saturated carbocycles. The minimum absolute atomic E-state index is 0.216. The van der Waals surface area contributed by atoms with Gasteiger partial charge in [-0.3, -0.25) is 0 Å². The van der Waals surface area contributed by atoms with Gasteiger partial charge in [0, 0.05) is 11.6 Å². The Morgan fingerprint density at radius 2 is 1.67 bits per heavy atom. The van der Waals surface area contributed by atoms with Gasteiger partial charge in [-0.05, 0) is 41.8 Å². The summed E-state index contributed by atoms with van der Waals surface area (Å²) in [6, 6.07) is 16.4. The van der Waals surface area contributed by atoms with Crippen LogP contribution in [0.1, 0.15) is 0 Å². The summed E-state index contributed by atoms with van der Waals surface area (Å²) in [5.74, 6) is 1.43. The predicted molar refractivity (Wildman–Crippen MR) is 69.9 cm³/mol. The van der Waals surface area contributed by atoms with E-state index >= 15 is 0 Å². The van der Waals surface area contributed by atoms with Gasteiger partial charge in [0.15, 0.2) is 0 Å².